The average Bonchev–Trinajstić information content (AvgIpc) is 2.79. The van der Waals surface area contributed by atoms with Gasteiger partial charge in [-0.05, 0) is 12.1 Å². The predicted molar refractivity (Wildman–Crippen MR) is 60.7 cm³/mol. The molecule has 17 heavy (non-hydrogen) atoms. The average molecular weight is 256 g/mol. The summed E-state index contributed by atoms with van der Waals surface area (Å²) in [5, 5.41) is 2.64. The van der Waals surface area contributed by atoms with Gasteiger partial charge in [-0.2, -0.15) is 0 Å². The highest BCUT2D eigenvalue weighted by Gasteiger charge is 2.05. The molecular weight excluding hydrogens is 246 g/mol. The van der Waals surface area contributed by atoms with E-state index >= 15 is 0 Å². The van der Waals surface area contributed by atoms with Crippen LogP contribution in [0.25, 0.3) is 0 Å². The summed E-state index contributed by atoms with van der Waals surface area (Å²) in [6.45, 7) is 0.595. The first-order valence-electron chi connectivity index (χ1n) is 4.90. The van der Waals surface area contributed by atoms with E-state index in [2.05, 4.69) is 4.98 Å². The van der Waals surface area contributed by atoms with E-state index in [9.17, 15) is 8.78 Å². The summed E-state index contributed by atoms with van der Waals surface area (Å²) in [6.07, 6.45) is 0. The summed E-state index contributed by atoms with van der Waals surface area (Å²) in [4.78, 5) is 4.18. The van der Waals surface area contributed by atoms with Gasteiger partial charge in [0.2, 0.25) is 0 Å². The topological polar surface area (TPSA) is 48.1 Å². The summed E-state index contributed by atoms with van der Waals surface area (Å²) < 4.78 is 30.8. The van der Waals surface area contributed by atoms with Crippen LogP contribution < -0.4 is 10.5 Å². The first-order chi connectivity index (χ1) is 8.19. The highest BCUT2D eigenvalue weighted by Crippen LogP contribution is 2.17. The third-order valence-corrected chi connectivity index (χ3v) is 2.97. The molecule has 0 saturated carbocycles. The molecule has 0 amide bonds. The molecule has 6 heteroatoms. The second-order valence-corrected chi connectivity index (χ2v) is 4.24. The van der Waals surface area contributed by atoms with E-state index in [1.807, 2.05) is 5.38 Å². The number of aromatic nitrogens is 1. The lowest BCUT2D eigenvalue weighted by Gasteiger charge is -2.04. The molecule has 90 valence electrons. The molecule has 0 atom stereocenters. The van der Waals surface area contributed by atoms with Crippen LogP contribution in [-0.2, 0) is 13.2 Å². The molecule has 1 aromatic heterocycles. The number of benzene rings is 1. The Labute approximate surface area is 101 Å². The number of rotatable bonds is 4. The number of nitrogens with zero attached hydrogens (tertiary/aromatic N) is 1. The fourth-order valence-corrected chi connectivity index (χ4v) is 1.89. The monoisotopic (exact) mass is 256 g/mol. The molecule has 0 aliphatic heterocycles. The predicted octanol–water partition coefficient (Wildman–Crippen LogP) is 2.46. The summed E-state index contributed by atoms with van der Waals surface area (Å²) in [6, 6.07) is 3.40. The van der Waals surface area contributed by atoms with E-state index < -0.39 is 11.6 Å². The number of hydrogen-bond acceptors (Lipinski definition) is 4. The Bertz CT molecular complexity index is 516. The minimum absolute atomic E-state index is 0.210. The standard InChI is InChI=1S/C11H10F2N2OS/c12-9-2-1-8(3-10(9)13)16-5-7-6-17-11(4-14)15-7/h1-3,6H,4-5,14H2. The summed E-state index contributed by atoms with van der Waals surface area (Å²) in [5.41, 5.74) is 6.15. The minimum Gasteiger partial charge on any atom is -0.487 e. The zero-order chi connectivity index (χ0) is 12.3. The third-order valence-electron chi connectivity index (χ3n) is 2.05. The Balaban J connectivity index is 1.99. The Kier molecular flexibility index (Phi) is 3.65. The quantitative estimate of drug-likeness (QED) is 0.914. The maximum Gasteiger partial charge on any atom is 0.162 e. The third kappa shape index (κ3) is 2.98. The lowest BCUT2D eigenvalue weighted by atomic mass is 10.3. The van der Waals surface area contributed by atoms with Crippen LogP contribution in [0.3, 0.4) is 0 Å². The van der Waals surface area contributed by atoms with Crippen LogP contribution in [0.5, 0.6) is 5.75 Å². The van der Waals surface area contributed by atoms with Crippen LogP contribution in [-0.4, -0.2) is 4.98 Å². The van der Waals surface area contributed by atoms with E-state index in [0.717, 1.165) is 22.8 Å². The van der Waals surface area contributed by atoms with Gasteiger partial charge in [0.15, 0.2) is 11.6 Å². The molecule has 0 aliphatic carbocycles. The molecule has 0 unspecified atom stereocenters. The fourth-order valence-electron chi connectivity index (χ4n) is 1.23. The van der Waals surface area contributed by atoms with Crippen molar-refractivity contribution in [1.29, 1.82) is 0 Å². The summed E-state index contributed by atoms with van der Waals surface area (Å²) >= 11 is 1.44. The summed E-state index contributed by atoms with van der Waals surface area (Å²) in [7, 11) is 0. The van der Waals surface area contributed by atoms with E-state index in [1.54, 1.807) is 0 Å². The number of thiazole rings is 1. The van der Waals surface area contributed by atoms with E-state index in [-0.39, 0.29) is 12.4 Å². The first kappa shape index (κ1) is 11.9. The van der Waals surface area contributed by atoms with Crippen LogP contribution in [0.1, 0.15) is 10.7 Å². The molecule has 0 aliphatic rings. The van der Waals surface area contributed by atoms with Crippen molar-refractivity contribution in [3.63, 3.8) is 0 Å². The minimum atomic E-state index is -0.927. The van der Waals surface area contributed by atoms with Gasteiger partial charge in [-0.15, -0.1) is 11.3 Å². The van der Waals surface area contributed by atoms with Crippen molar-refractivity contribution in [3.05, 3.63) is 45.9 Å². The normalized spacial score (nSPS) is 10.5. The molecule has 0 fully saturated rings. The zero-order valence-electron chi connectivity index (χ0n) is 8.82. The van der Waals surface area contributed by atoms with E-state index in [0.29, 0.717) is 6.54 Å². The molecule has 0 radical (unpaired) electrons. The molecule has 3 nitrogen and oxygen atoms in total. The molecule has 1 aromatic carbocycles. The number of hydrogen-bond donors (Lipinski definition) is 1. The Morgan fingerprint density at radius 3 is 2.76 bits per heavy atom. The van der Waals surface area contributed by atoms with Gasteiger partial charge in [-0.1, -0.05) is 0 Å². The molecule has 2 aromatic rings. The van der Waals surface area contributed by atoms with Gasteiger partial charge in [0.25, 0.3) is 0 Å². The lowest BCUT2D eigenvalue weighted by molar-refractivity contribution is 0.299. The molecular formula is C11H10F2N2OS. The molecule has 1 heterocycles. The van der Waals surface area contributed by atoms with Crippen LogP contribution in [0.2, 0.25) is 0 Å². The SMILES string of the molecule is NCc1nc(COc2ccc(F)c(F)c2)cs1. The van der Waals surface area contributed by atoms with Crippen molar-refractivity contribution in [2.24, 2.45) is 5.73 Å². The summed E-state index contributed by atoms with van der Waals surface area (Å²) in [5.74, 6) is -1.55. The largest absolute Gasteiger partial charge is 0.487 e. The van der Waals surface area contributed by atoms with E-state index in [1.165, 1.54) is 17.4 Å². The van der Waals surface area contributed by atoms with E-state index in [4.69, 9.17) is 10.5 Å². The van der Waals surface area contributed by atoms with Crippen LogP contribution in [0.15, 0.2) is 23.6 Å². The van der Waals surface area contributed by atoms with Gasteiger partial charge in [0.05, 0.1) is 5.69 Å². The van der Waals surface area contributed by atoms with Crippen LogP contribution in [0, 0.1) is 11.6 Å². The lowest BCUT2D eigenvalue weighted by Crippen LogP contribution is -1.99. The zero-order valence-corrected chi connectivity index (χ0v) is 9.64. The molecule has 2 N–H and O–H groups in total. The first-order valence-corrected chi connectivity index (χ1v) is 5.78. The van der Waals surface area contributed by atoms with Crippen molar-refractivity contribution >= 4 is 11.3 Å². The van der Waals surface area contributed by atoms with Crippen molar-refractivity contribution in [1.82, 2.24) is 4.98 Å². The van der Waals surface area contributed by atoms with Gasteiger partial charge in [-0.25, -0.2) is 13.8 Å². The van der Waals surface area contributed by atoms with Gasteiger partial charge in [0.1, 0.15) is 17.4 Å². The number of nitrogens with two attached hydrogens (primary N) is 1. The van der Waals surface area contributed by atoms with Crippen molar-refractivity contribution in [3.8, 4) is 5.75 Å². The molecule has 0 saturated heterocycles. The van der Waals surface area contributed by atoms with Gasteiger partial charge >= 0.3 is 0 Å². The highest BCUT2D eigenvalue weighted by molar-refractivity contribution is 7.09. The Morgan fingerprint density at radius 2 is 2.12 bits per heavy atom. The maximum absolute atomic E-state index is 12.9. The second kappa shape index (κ2) is 5.20. The van der Waals surface area contributed by atoms with Crippen LogP contribution in [0.4, 0.5) is 8.78 Å². The number of ether oxygens (including phenoxy) is 1. The molecule has 0 bridgehead atoms. The van der Waals surface area contributed by atoms with Crippen molar-refractivity contribution in [2.45, 2.75) is 13.2 Å². The van der Waals surface area contributed by atoms with Gasteiger partial charge in [-0.3, -0.25) is 0 Å². The Morgan fingerprint density at radius 1 is 1.29 bits per heavy atom. The number of halogens is 2. The van der Waals surface area contributed by atoms with Crippen molar-refractivity contribution < 1.29 is 13.5 Å². The smallest absolute Gasteiger partial charge is 0.162 e. The van der Waals surface area contributed by atoms with Gasteiger partial charge < -0.3 is 10.5 Å². The molecule has 0 spiro atoms. The van der Waals surface area contributed by atoms with Crippen molar-refractivity contribution in [2.75, 3.05) is 0 Å². The second-order valence-electron chi connectivity index (χ2n) is 3.30. The highest BCUT2D eigenvalue weighted by atomic mass is 32.1. The molecule has 2 rings (SSSR count). The fraction of sp³-hybridized carbons (Fsp3) is 0.182. The Hall–Kier alpha value is -1.53. The van der Waals surface area contributed by atoms with Crippen LogP contribution >= 0.6 is 11.3 Å². The van der Waals surface area contributed by atoms with Gasteiger partial charge in [0, 0.05) is 18.0 Å². The maximum atomic E-state index is 12.9.